The Labute approximate surface area is 212 Å². The van der Waals surface area contributed by atoms with Crippen molar-refractivity contribution in [3.63, 3.8) is 0 Å². The molecule has 186 valence electrons. The molecule has 2 aliphatic heterocycles. The fraction of sp³-hybridized carbons (Fsp3) is 0.480. The Morgan fingerprint density at radius 1 is 1.11 bits per heavy atom. The molecular formula is C25H29BrN4O5. The molecule has 0 bridgehead atoms. The molecule has 4 rings (SSSR count). The van der Waals surface area contributed by atoms with Crippen LogP contribution in [-0.4, -0.2) is 54.1 Å². The average Bonchev–Trinajstić information content (AvgIpc) is 2.81. The maximum Gasteiger partial charge on any atom is 0.329 e. The minimum absolute atomic E-state index is 0.0199. The van der Waals surface area contributed by atoms with Crippen LogP contribution in [0.5, 0.6) is 0 Å². The second-order valence-corrected chi connectivity index (χ2v) is 9.74. The number of carbonyl (C=O) groups is 3. The van der Waals surface area contributed by atoms with E-state index in [1.807, 2.05) is 18.2 Å². The van der Waals surface area contributed by atoms with Crippen LogP contribution in [0.3, 0.4) is 0 Å². The molecule has 3 heterocycles. The lowest BCUT2D eigenvalue weighted by Crippen LogP contribution is -2.57. The van der Waals surface area contributed by atoms with Crippen molar-refractivity contribution in [2.75, 3.05) is 36.1 Å². The van der Waals surface area contributed by atoms with Crippen molar-refractivity contribution in [3.05, 3.63) is 39.8 Å². The monoisotopic (exact) mass is 544 g/mol. The second kappa shape index (κ2) is 9.56. The molecule has 0 N–H and O–H groups in total. The smallest absolute Gasteiger partial charge is 0.329 e. The fourth-order valence-corrected chi connectivity index (χ4v) is 5.24. The number of esters is 2. The minimum atomic E-state index is -1.78. The predicted octanol–water partition coefficient (Wildman–Crippen LogP) is 3.92. The van der Waals surface area contributed by atoms with Gasteiger partial charge in [0.15, 0.2) is 5.82 Å². The summed E-state index contributed by atoms with van der Waals surface area (Å²) >= 11 is 3.66. The number of aromatic nitrogens is 2. The summed E-state index contributed by atoms with van der Waals surface area (Å²) in [5.41, 5.74) is 0.624. The van der Waals surface area contributed by atoms with Crippen LogP contribution in [0.25, 0.3) is 0 Å². The minimum Gasteiger partial charge on any atom is -0.465 e. The van der Waals surface area contributed by atoms with Gasteiger partial charge in [-0.2, -0.15) is 0 Å². The van der Waals surface area contributed by atoms with E-state index in [1.54, 1.807) is 30.6 Å². The topological polar surface area (TPSA) is 102 Å². The third kappa shape index (κ3) is 4.07. The summed E-state index contributed by atoms with van der Waals surface area (Å²) in [5, 5.41) is 0. The largest absolute Gasteiger partial charge is 0.465 e. The fourth-order valence-electron chi connectivity index (χ4n) is 4.63. The van der Waals surface area contributed by atoms with Gasteiger partial charge in [0.25, 0.3) is 0 Å². The van der Waals surface area contributed by atoms with E-state index in [0.29, 0.717) is 23.2 Å². The number of ether oxygens (including phenoxy) is 2. The SMILES string of the molecule is CCOC(=O)C1(C(=O)OCC)CCN2C(=O)CN(c3ccc(C(C)C)cc3Br)c3nc(C)nc1c32. The standard InChI is InChI=1S/C25H29BrN4O5/c1-6-34-23(32)25(24(33)35-7-2)10-11-29-19(31)13-30(22-20(29)21(25)27-15(5)28-22)18-9-8-16(14(3)4)12-17(18)26/h8-9,12,14H,6-7,10-11,13H2,1-5H3. The van der Waals surface area contributed by atoms with E-state index in [9.17, 15) is 14.4 Å². The van der Waals surface area contributed by atoms with Crippen LogP contribution in [-0.2, 0) is 29.3 Å². The van der Waals surface area contributed by atoms with Gasteiger partial charge < -0.3 is 19.3 Å². The van der Waals surface area contributed by atoms with Crippen molar-refractivity contribution in [3.8, 4) is 0 Å². The van der Waals surface area contributed by atoms with Gasteiger partial charge in [-0.1, -0.05) is 19.9 Å². The second-order valence-electron chi connectivity index (χ2n) is 8.88. The van der Waals surface area contributed by atoms with Crippen LogP contribution in [0.2, 0.25) is 0 Å². The van der Waals surface area contributed by atoms with Crippen molar-refractivity contribution >= 4 is 51.0 Å². The van der Waals surface area contributed by atoms with Gasteiger partial charge in [0, 0.05) is 11.0 Å². The van der Waals surface area contributed by atoms with Gasteiger partial charge in [-0.05, 0) is 66.7 Å². The van der Waals surface area contributed by atoms with Crippen LogP contribution >= 0.6 is 15.9 Å². The molecule has 0 spiro atoms. The molecule has 1 amide bonds. The van der Waals surface area contributed by atoms with Gasteiger partial charge in [0.05, 0.1) is 24.6 Å². The summed E-state index contributed by atoms with van der Waals surface area (Å²) in [6.45, 7) is 9.66. The summed E-state index contributed by atoms with van der Waals surface area (Å²) in [6.07, 6.45) is 0.0199. The van der Waals surface area contributed by atoms with E-state index in [0.717, 1.165) is 15.7 Å². The van der Waals surface area contributed by atoms with Crippen molar-refractivity contribution in [2.24, 2.45) is 0 Å². The molecule has 0 unspecified atom stereocenters. The van der Waals surface area contributed by atoms with Gasteiger partial charge in [0.2, 0.25) is 11.3 Å². The number of rotatable bonds is 6. The predicted molar refractivity (Wildman–Crippen MR) is 134 cm³/mol. The number of nitrogens with zero attached hydrogens (tertiary/aromatic N) is 4. The maximum absolute atomic E-state index is 13.3. The van der Waals surface area contributed by atoms with Gasteiger partial charge >= 0.3 is 11.9 Å². The first-order valence-corrected chi connectivity index (χ1v) is 12.6. The Hall–Kier alpha value is -3.01. The lowest BCUT2D eigenvalue weighted by Gasteiger charge is -2.44. The van der Waals surface area contributed by atoms with Gasteiger partial charge in [-0.3, -0.25) is 14.4 Å². The van der Waals surface area contributed by atoms with Gasteiger partial charge in [-0.25, -0.2) is 9.97 Å². The first-order valence-electron chi connectivity index (χ1n) is 11.8. The summed E-state index contributed by atoms with van der Waals surface area (Å²) in [4.78, 5) is 52.5. The van der Waals surface area contributed by atoms with Crippen LogP contribution in [0, 0.1) is 6.92 Å². The highest BCUT2D eigenvalue weighted by atomic mass is 79.9. The molecule has 10 heteroatoms. The average molecular weight is 545 g/mol. The van der Waals surface area contributed by atoms with Crippen LogP contribution in [0.1, 0.15) is 57.1 Å². The van der Waals surface area contributed by atoms with Gasteiger partial charge in [0.1, 0.15) is 18.1 Å². The molecule has 1 aromatic carbocycles. The van der Waals surface area contributed by atoms with Crippen LogP contribution in [0.15, 0.2) is 22.7 Å². The highest BCUT2D eigenvalue weighted by molar-refractivity contribution is 9.10. The molecule has 1 aromatic heterocycles. The zero-order valence-electron chi connectivity index (χ0n) is 20.6. The number of hydrogen-bond acceptors (Lipinski definition) is 8. The summed E-state index contributed by atoms with van der Waals surface area (Å²) < 4.78 is 11.5. The third-order valence-electron chi connectivity index (χ3n) is 6.39. The van der Waals surface area contributed by atoms with E-state index < -0.39 is 17.4 Å². The van der Waals surface area contributed by atoms with E-state index >= 15 is 0 Å². The Morgan fingerprint density at radius 3 is 2.34 bits per heavy atom. The molecule has 0 atom stereocenters. The Morgan fingerprint density at radius 2 is 1.77 bits per heavy atom. The van der Waals surface area contributed by atoms with Crippen molar-refractivity contribution < 1.29 is 23.9 Å². The van der Waals surface area contributed by atoms with Crippen molar-refractivity contribution in [2.45, 2.75) is 52.4 Å². The molecule has 9 nitrogen and oxygen atoms in total. The number of aryl methyl sites for hydroxylation is 1. The molecular weight excluding hydrogens is 516 g/mol. The molecule has 0 saturated heterocycles. The zero-order valence-corrected chi connectivity index (χ0v) is 22.1. The number of anilines is 3. The normalized spacial score (nSPS) is 16.3. The Kier molecular flexibility index (Phi) is 6.86. The summed E-state index contributed by atoms with van der Waals surface area (Å²) in [6, 6.07) is 5.99. The molecule has 0 saturated carbocycles. The third-order valence-corrected chi connectivity index (χ3v) is 7.02. The number of hydrogen-bond donors (Lipinski definition) is 0. The molecule has 35 heavy (non-hydrogen) atoms. The molecule has 0 radical (unpaired) electrons. The number of benzene rings is 1. The summed E-state index contributed by atoms with van der Waals surface area (Å²) in [5.74, 6) is -0.471. The molecule has 2 aromatic rings. The van der Waals surface area contributed by atoms with E-state index in [4.69, 9.17) is 9.47 Å². The molecule has 2 aliphatic rings. The Bertz CT molecular complexity index is 1180. The van der Waals surface area contributed by atoms with E-state index in [1.165, 1.54) is 0 Å². The lowest BCUT2D eigenvalue weighted by atomic mass is 9.76. The first kappa shape index (κ1) is 25.1. The molecule has 0 fully saturated rings. The highest BCUT2D eigenvalue weighted by Gasteiger charge is 2.58. The van der Waals surface area contributed by atoms with E-state index in [2.05, 4.69) is 39.7 Å². The van der Waals surface area contributed by atoms with Crippen molar-refractivity contribution in [1.82, 2.24) is 9.97 Å². The highest BCUT2D eigenvalue weighted by Crippen LogP contribution is 2.49. The van der Waals surface area contributed by atoms with Crippen LogP contribution < -0.4 is 9.80 Å². The quantitative estimate of drug-likeness (QED) is 0.398. The lowest BCUT2D eigenvalue weighted by molar-refractivity contribution is -0.165. The molecule has 0 aliphatic carbocycles. The van der Waals surface area contributed by atoms with Crippen molar-refractivity contribution in [1.29, 1.82) is 0 Å². The Balaban J connectivity index is 1.96. The maximum atomic E-state index is 13.3. The number of amides is 1. The van der Waals surface area contributed by atoms with Crippen LogP contribution in [0.4, 0.5) is 17.2 Å². The zero-order chi connectivity index (χ0) is 25.5. The van der Waals surface area contributed by atoms with E-state index in [-0.39, 0.29) is 44.3 Å². The first-order chi connectivity index (χ1) is 16.6. The summed E-state index contributed by atoms with van der Waals surface area (Å²) in [7, 11) is 0. The van der Waals surface area contributed by atoms with Gasteiger partial charge in [-0.15, -0.1) is 0 Å². The number of carbonyl (C=O) groups excluding carboxylic acids is 3. The number of halogens is 1.